The highest BCUT2D eigenvalue weighted by atomic mass is 16.6. The number of hydrogen-bond donors (Lipinski definition) is 0. The van der Waals surface area contributed by atoms with Gasteiger partial charge in [-0.05, 0) is 77.0 Å². The second-order valence-corrected chi connectivity index (χ2v) is 16.9. The average molecular weight is 899 g/mol. The van der Waals surface area contributed by atoms with Gasteiger partial charge in [0.1, 0.15) is 13.2 Å². The molecule has 0 heterocycles. The zero-order valence-corrected chi connectivity index (χ0v) is 41.7. The number of rotatable bonds is 45. The Labute approximate surface area is 399 Å². The predicted molar refractivity (Wildman–Crippen MR) is 279 cm³/mol. The monoisotopic (exact) mass is 899 g/mol. The van der Waals surface area contributed by atoms with Crippen LogP contribution in [0.2, 0.25) is 0 Å². The fourth-order valence-corrected chi connectivity index (χ4v) is 6.76. The third-order valence-electron chi connectivity index (χ3n) is 10.6. The van der Waals surface area contributed by atoms with Gasteiger partial charge in [-0.25, -0.2) is 0 Å². The molecule has 0 bridgehead atoms. The molecule has 1 unspecified atom stereocenters. The van der Waals surface area contributed by atoms with E-state index in [9.17, 15) is 14.4 Å². The molecule has 0 aromatic rings. The molecule has 366 valence electrons. The van der Waals surface area contributed by atoms with E-state index in [4.69, 9.17) is 14.2 Å². The standard InChI is InChI=1S/C59H94O6/c1-4-7-10-13-16-19-22-25-27-28-29-30-32-34-37-40-43-46-49-52-58(61)64-55-56(54-63-57(60)51-48-45-42-39-36-33-24-21-18-15-12-9-6-3)65-59(62)53-50-47-44-41-38-35-31-26-23-20-17-14-11-8-5-2/h8-9,11-12,14-25,33,36,39,42,56H,4-7,10,13,26-32,34-35,37-38,40-41,43-55H2,1-3H3/b11-8-,12-9-,17-14-,18-15-,19-16-,23-20-,24-21-,25-22-,36-33-,42-39-. The van der Waals surface area contributed by atoms with Crippen LogP contribution in [0.25, 0.3) is 0 Å². The van der Waals surface area contributed by atoms with E-state index in [1.165, 1.54) is 96.3 Å². The molecule has 0 aliphatic heterocycles. The number of esters is 3. The fraction of sp³-hybridized carbons (Fsp3) is 0.610. The van der Waals surface area contributed by atoms with Gasteiger partial charge in [-0.15, -0.1) is 0 Å². The van der Waals surface area contributed by atoms with Crippen LogP contribution in [0.5, 0.6) is 0 Å². The summed E-state index contributed by atoms with van der Waals surface area (Å²) in [4.78, 5) is 38.0. The molecular weight excluding hydrogens is 805 g/mol. The Balaban J connectivity index is 4.48. The Bertz CT molecular complexity index is 1400. The van der Waals surface area contributed by atoms with Crippen molar-refractivity contribution >= 4 is 17.9 Å². The Morgan fingerprint density at radius 1 is 0.323 bits per heavy atom. The lowest BCUT2D eigenvalue weighted by molar-refractivity contribution is -0.167. The van der Waals surface area contributed by atoms with Gasteiger partial charge in [-0.3, -0.25) is 14.4 Å². The zero-order chi connectivity index (χ0) is 47.2. The minimum absolute atomic E-state index is 0.111. The Morgan fingerprint density at radius 3 is 1.02 bits per heavy atom. The van der Waals surface area contributed by atoms with Gasteiger partial charge < -0.3 is 14.2 Å². The SMILES string of the molecule is CC\C=C/C=C\C=C/C=C\C=C/CCCC(=O)OCC(COC(=O)CCCCCCCCCCCC/C=C\C=C/CCCCC)OC(=O)CCCCCCCCC\C=C/C=C\C=C/CC. The maximum absolute atomic E-state index is 12.8. The minimum Gasteiger partial charge on any atom is -0.462 e. The van der Waals surface area contributed by atoms with E-state index in [-0.39, 0.29) is 37.5 Å². The van der Waals surface area contributed by atoms with Crippen molar-refractivity contribution in [2.75, 3.05) is 13.2 Å². The third kappa shape index (κ3) is 50.7. The van der Waals surface area contributed by atoms with Crippen LogP contribution in [0, 0.1) is 0 Å². The van der Waals surface area contributed by atoms with Crippen LogP contribution in [0.1, 0.15) is 213 Å². The van der Waals surface area contributed by atoms with E-state index >= 15 is 0 Å². The number of carbonyl (C=O) groups is 3. The number of unbranched alkanes of at least 4 members (excludes halogenated alkanes) is 21. The van der Waals surface area contributed by atoms with Crippen LogP contribution in [0.4, 0.5) is 0 Å². The fourth-order valence-electron chi connectivity index (χ4n) is 6.76. The van der Waals surface area contributed by atoms with E-state index in [0.29, 0.717) is 19.3 Å². The smallest absolute Gasteiger partial charge is 0.306 e. The molecule has 0 rings (SSSR count). The summed E-state index contributed by atoms with van der Waals surface area (Å²) in [6, 6.07) is 0. The summed E-state index contributed by atoms with van der Waals surface area (Å²) in [7, 11) is 0. The maximum atomic E-state index is 12.8. The predicted octanol–water partition coefficient (Wildman–Crippen LogP) is 17.3. The van der Waals surface area contributed by atoms with Crippen LogP contribution >= 0.6 is 0 Å². The first-order valence-electron chi connectivity index (χ1n) is 26.2. The van der Waals surface area contributed by atoms with Crippen molar-refractivity contribution in [3.8, 4) is 0 Å². The number of hydrogen-bond acceptors (Lipinski definition) is 6. The Kier molecular flexibility index (Phi) is 49.1. The molecule has 65 heavy (non-hydrogen) atoms. The van der Waals surface area contributed by atoms with Crippen LogP contribution in [0.15, 0.2) is 122 Å². The van der Waals surface area contributed by atoms with Gasteiger partial charge >= 0.3 is 17.9 Å². The van der Waals surface area contributed by atoms with Gasteiger partial charge in [0, 0.05) is 19.3 Å². The van der Waals surface area contributed by atoms with Crippen molar-refractivity contribution in [1.82, 2.24) is 0 Å². The molecule has 0 fully saturated rings. The van der Waals surface area contributed by atoms with Crippen LogP contribution in [-0.2, 0) is 28.6 Å². The lowest BCUT2D eigenvalue weighted by Gasteiger charge is -2.18. The molecule has 6 heteroatoms. The minimum atomic E-state index is -0.818. The topological polar surface area (TPSA) is 78.9 Å². The normalized spacial score (nSPS) is 13.1. The highest BCUT2D eigenvalue weighted by Gasteiger charge is 2.19. The molecule has 0 saturated heterocycles. The van der Waals surface area contributed by atoms with Crippen molar-refractivity contribution in [3.05, 3.63) is 122 Å². The summed E-state index contributed by atoms with van der Waals surface area (Å²) in [5.74, 6) is -1.01. The van der Waals surface area contributed by atoms with Crippen molar-refractivity contribution in [1.29, 1.82) is 0 Å². The Hall–Kier alpha value is -4.19. The van der Waals surface area contributed by atoms with Crippen molar-refractivity contribution in [2.24, 2.45) is 0 Å². The summed E-state index contributed by atoms with van der Waals surface area (Å²) in [5.41, 5.74) is 0. The van der Waals surface area contributed by atoms with Crippen LogP contribution in [-0.4, -0.2) is 37.2 Å². The Morgan fingerprint density at radius 2 is 0.615 bits per heavy atom. The van der Waals surface area contributed by atoms with Gasteiger partial charge in [0.25, 0.3) is 0 Å². The molecule has 0 saturated carbocycles. The lowest BCUT2D eigenvalue weighted by Crippen LogP contribution is -2.30. The highest BCUT2D eigenvalue weighted by molar-refractivity contribution is 5.71. The molecule has 0 aromatic heterocycles. The van der Waals surface area contributed by atoms with E-state index in [1.807, 2.05) is 54.7 Å². The summed E-state index contributed by atoms with van der Waals surface area (Å²) >= 11 is 0. The molecule has 0 aliphatic carbocycles. The van der Waals surface area contributed by atoms with E-state index < -0.39 is 6.10 Å². The van der Waals surface area contributed by atoms with E-state index in [0.717, 1.165) is 70.6 Å². The number of allylic oxidation sites excluding steroid dienone is 20. The van der Waals surface area contributed by atoms with Crippen molar-refractivity contribution in [2.45, 2.75) is 219 Å². The van der Waals surface area contributed by atoms with Gasteiger partial charge in [0.2, 0.25) is 0 Å². The second-order valence-electron chi connectivity index (χ2n) is 16.9. The average Bonchev–Trinajstić information content (AvgIpc) is 3.30. The van der Waals surface area contributed by atoms with Gasteiger partial charge in [0.15, 0.2) is 6.10 Å². The van der Waals surface area contributed by atoms with Gasteiger partial charge in [0.05, 0.1) is 0 Å². The zero-order valence-electron chi connectivity index (χ0n) is 41.7. The molecule has 0 spiro atoms. The molecule has 0 aliphatic rings. The first-order valence-corrected chi connectivity index (χ1v) is 26.2. The van der Waals surface area contributed by atoms with Crippen LogP contribution < -0.4 is 0 Å². The van der Waals surface area contributed by atoms with E-state index in [2.05, 4.69) is 87.6 Å². The summed E-state index contributed by atoms with van der Waals surface area (Å²) in [6.45, 7) is 6.25. The molecule has 6 nitrogen and oxygen atoms in total. The highest BCUT2D eigenvalue weighted by Crippen LogP contribution is 2.14. The first-order chi connectivity index (χ1) is 32.0. The lowest BCUT2D eigenvalue weighted by atomic mass is 10.1. The number of ether oxygens (including phenoxy) is 3. The maximum Gasteiger partial charge on any atom is 0.306 e. The largest absolute Gasteiger partial charge is 0.462 e. The molecule has 1 atom stereocenters. The quantitative estimate of drug-likeness (QED) is 0.0262. The van der Waals surface area contributed by atoms with E-state index in [1.54, 1.807) is 0 Å². The summed E-state index contributed by atoms with van der Waals surface area (Å²) < 4.78 is 16.7. The molecule has 0 amide bonds. The summed E-state index contributed by atoms with van der Waals surface area (Å²) in [5, 5.41) is 0. The van der Waals surface area contributed by atoms with Gasteiger partial charge in [-0.2, -0.15) is 0 Å². The molecular formula is C59H94O6. The van der Waals surface area contributed by atoms with Crippen LogP contribution in [0.3, 0.4) is 0 Å². The third-order valence-corrected chi connectivity index (χ3v) is 10.6. The van der Waals surface area contributed by atoms with Crippen molar-refractivity contribution < 1.29 is 28.6 Å². The first kappa shape index (κ1) is 60.8. The summed E-state index contributed by atoms with van der Waals surface area (Å²) in [6.07, 6.45) is 71.9. The van der Waals surface area contributed by atoms with Crippen molar-refractivity contribution in [3.63, 3.8) is 0 Å². The molecule has 0 radical (unpaired) electrons. The second kappa shape index (κ2) is 52.4. The van der Waals surface area contributed by atoms with Gasteiger partial charge in [-0.1, -0.05) is 239 Å². The number of carbonyl (C=O) groups excluding carboxylic acids is 3. The molecule has 0 N–H and O–H groups in total. The molecule has 0 aromatic carbocycles.